The third-order valence-electron chi connectivity index (χ3n) is 2.02. The molecule has 0 atom stereocenters. The zero-order chi connectivity index (χ0) is 10.8. The summed E-state index contributed by atoms with van der Waals surface area (Å²) in [4.78, 5) is 0. The van der Waals surface area contributed by atoms with Gasteiger partial charge in [0, 0.05) is 5.56 Å². The fourth-order valence-corrected chi connectivity index (χ4v) is 1.43. The lowest BCUT2D eigenvalue weighted by molar-refractivity contribution is 0.276. The van der Waals surface area contributed by atoms with Gasteiger partial charge in [0.2, 0.25) is 0 Å². The van der Waals surface area contributed by atoms with Crippen LogP contribution in [0.4, 0.5) is 4.39 Å². The summed E-state index contributed by atoms with van der Waals surface area (Å²) in [5, 5.41) is 15.5. The first kappa shape index (κ1) is 10.1. The Morgan fingerprint density at radius 1 is 1.40 bits per heavy atom. The number of aromatic nitrogens is 2. The normalized spacial score (nSPS) is 10.6. The third kappa shape index (κ3) is 2.00. The fourth-order valence-electron chi connectivity index (χ4n) is 1.25. The van der Waals surface area contributed by atoms with Crippen LogP contribution in [0, 0.1) is 5.82 Å². The van der Waals surface area contributed by atoms with Crippen LogP contribution >= 0.6 is 11.6 Å². The lowest BCUT2D eigenvalue weighted by Gasteiger charge is -1.97. The van der Waals surface area contributed by atoms with Gasteiger partial charge in [-0.3, -0.25) is 5.10 Å². The molecule has 2 aromatic rings. The van der Waals surface area contributed by atoms with Crippen LogP contribution in [0.5, 0.6) is 0 Å². The van der Waals surface area contributed by atoms with Gasteiger partial charge in [0.1, 0.15) is 5.82 Å². The predicted molar refractivity (Wildman–Crippen MR) is 54.9 cm³/mol. The molecule has 0 bridgehead atoms. The second kappa shape index (κ2) is 4.00. The molecule has 3 nitrogen and oxygen atoms in total. The molecule has 0 saturated heterocycles. The molecule has 2 N–H and O–H groups in total. The number of aliphatic hydroxyl groups is 1. The molecule has 0 saturated carbocycles. The van der Waals surface area contributed by atoms with Crippen LogP contribution in [0.25, 0.3) is 11.3 Å². The summed E-state index contributed by atoms with van der Waals surface area (Å²) in [7, 11) is 0. The fraction of sp³-hybridized carbons (Fsp3) is 0.100. The van der Waals surface area contributed by atoms with Crippen molar-refractivity contribution in [1.82, 2.24) is 10.2 Å². The van der Waals surface area contributed by atoms with E-state index in [1.807, 2.05) is 0 Å². The molecule has 0 aliphatic rings. The minimum atomic E-state index is -0.460. The lowest BCUT2D eigenvalue weighted by atomic mass is 10.1. The van der Waals surface area contributed by atoms with Gasteiger partial charge in [-0.15, -0.1) is 0 Å². The molecule has 1 heterocycles. The van der Waals surface area contributed by atoms with Crippen LogP contribution in [-0.4, -0.2) is 15.3 Å². The minimum absolute atomic E-state index is 0.0565. The molecule has 0 fully saturated rings. The number of nitrogens with one attached hydrogen (secondary N) is 1. The van der Waals surface area contributed by atoms with Crippen molar-refractivity contribution in [2.45, 2.75) is 6.61 Å². The van der Waals surface area contributed by atoms with E-state index in [1.54, 1.807) is 12.1 Å². The molecule has 0 unspecified atom stereocenters. The van der Waals surface area contributed by atoms with E-state index in [0.717, 1.165) is 0 Å². The average molecular weight is 227 g/mol. The summed E-state index contributed by atoms with van der Waals surface area (Å²) in [5.74, 6) is -0.460. The van der Waals surface area contributed by atoms with Crippen LogP contribution in [0.2, 0.25) is 5.02 Å². The summed E-state index contributed by atoms with van der Waals surface area (Å²) in [5.41, 5.74) is 1.93. The SMILES string of the molecule is OCc1cc(-c2ccc(F)c(Cl)c2)n[nH]1. The highest BCUT2D eigenvalue weighted by molar-refractivity contribution is 6.31. The topological polar surface area (TPSA) is 48.9 Å². The van der Waals surface area contributed by atoms with Crippen molar-refractivity contribution >= 4 is 11.6 Å². The number of aliphatic hydroxyl groups excluding tert-OH is 1. The highest BCUT2D eigenvalue weighted by Gasteiger charge is 2.06. The monoisotopic (exact) mass is 226 g/mol. The number of aromatic amines is 1. The molecule has 0 spiro atoms. The Morgan fingerprint density at radius 2 is 2.20 bits per heavy atom. The molecule has 5 heteroatoms. The van der Waals surface area contributed by atoms with Gasteiger partial charge >= 0.3 is 0 Å². The number of hydrogen-bond donors (Lipinski definition) is 2. The van der Waals surface area contributed by atoms with Crippen molar-refractivity contribution in [2.24, 2.45) is 0 Å². The van der Waals surface area contributed by atoms with Gasteiger partial charge in [0.15, 0.2) is 0 Å². The summed E-state index contributed by atoms with van der Waals surface area (Å²) >= 11 is 5.64. The molecule has 1 aromatic carbocycles. The molecular formula is C10H8ClFN2O. The van der Waals surface area contributed by atoms with Gasteiger partial charge in [-0.2, -0.15) is 5.10 Å². The van der Waals surface area contributed by atoms with Gasteiger partial charge in [0.05, 0.1) is 23.0 Å². The van der Waals surface area contributed by atoms with Crippen LogP contribution in [0.3, 0.4) is 0 Å². The summed E-state index contributed by atoms with van der Waals surface area (Å²) in [6, 6.07) is 6.04. The second-order valence-electron chi connectivity index (χ2n) is 3.07. The minimum Gasteiger partial charge on any atom is -0.390 e. The van der Waals surface area contributed by atoms with Crippen molar-refractivity contribution in [2.75, 3.05) is 0 Å². The number of rotatable bonds is 2. The van der Waals surface area contributed by atoms with E-state index < -0.39 is 5.82 Å². The number of halogens is 2. The van der Waals surface area contributed by atoms with E-state index in [0.29, 0.717) is 17.0 Å². The first-order chi connectivity index (χ1) is 7.20. The van der Waals surface area contributed by atoms with E-state index in [9.17, 15) is 4.39 Å². The van der Waals surface area contributed by atoms with E-state index >= 15 is 0 Å². The Morgan fingerprint density at radius 3 is 2.80 bits per heavy atom. The maximum Gasteiger partial charge on any atom is 0.141 e. The highest BCUT2D eigenvalue weighted by Crippen LogP contribution is 2.23. The van der Waals surface area contributed by atoms with Gasteiger partial charge in [-0.1, -0.05) is 11.6 Å². The second-order valence-corrected chi connectivity index (χ2v) is 3.47. The number of H-pyrrole nitrogens is 1. The van der Waals surface area contributed by atoms with Crippen LogP contribution in [0.1, 0.15) is 5.69 Å². The Labute approximate surface area is 90.5 Å². The Bertz CT molecular complexity index is 484. The van der Waals surface area contributed by atoms with Gasteiger partial charge in [0.25, 0.3) is 0 Å². The quantitative estimate of drug-likeness (QED) is 0.826. The largest absolute Gasteiger partial charge is 0.390 e. The zero-order valence-corrected chi connectivity index (χ0v) is 8.42. The van der Waals surface area contributed by atoms with Crippen LogP contribution in [-0.2, 0) is 6.61 Å². The maximum absolute atomic E-state index is 12.9. The summed E-state index contributed by atoms with van der Waals surface area (Å²) in [6.07, 6.45) is 0. The molecule has 2 rings (SSSR count). The smallest absolute Gasteiger partial charge is 0.141 e. The lowest BCUT2D eigenvalue weighted by Crippen LogP contribution is -1.81. The zero-order valence-electron chi connectivity index (χ0n) is 7.67. The molecule has 0 aliphatic carbocycles. The van der Waals surface area contributed by atoms with E-state index in [-0.39, 0.29) is 11.6 Å². The predicted octanol–water partition coefficient (Wildman–Crippen LogP) is 2.36. The van der Waals surface area contributed by atoms with E-state index in [1.165, 1.54) is 12.1 Å². The number of hydrogen-bond acceptors (Lipinski definition) is 2. The highest BCUT2D eigenvalue weighted by atomic mass is 35.5. The van der Waals surface area contributed by atoms with E-state index in [2.05, 4.69) is 10.2 Å². The van der Waals surface area contributed by atoms with Gasteiger partial charge < -0.3 is 5.11 Å². The summed E-state index contributed by atoms with van der Waals surface area (Å²) < 4.78 is 12.9. The first-order valence-corrected chi connectivity index (χ1v) is 4.69. The number of nitrogens with zero attached hydrogens (tertiary/aromatic N) is 1. The molecule has 15 heavy (non-hydrogen) atoms. The van der Waals surface area contributed by atoms with Crippen molar-refractivity contribution < 1.29 is 9.50 Å². The molecule has 0 radical (unpaired) electrons. The maximum atomic E-state index is 12.9. The van der Waals surface area contributed by atoms with Crippen molar-refractivity contribution in [3.63, 3.8) is 0 Å². The Hall–Kier alpha value is -1.39. The molecule has 78 valence electrons. The third-order valence-corrected chi connectivity index (χ3v) is 2.31. The van der Waals surface area contributed by atoms with Crippen LogP contribution in [0.15, 0.2) is 24.3 Å². The van der Waals surface area contributed by atoms with Crippen molar-refractivity contribution in [1.29, 1.82) is 0 Å². The Balaban J connectivity index is 2.40. The van der Waals surface area contributed by atoms with Crippen molar-refractivity contribution in [3.8, 4) is 11.3 Å². The molecule has 0 aliphatic heterocycles. The van der Waals surface area contributed by atoms with Gasteiger partial charge in [-0.05, 0) is 24.3 Å². The van der Waals surface area contributed by atoms with Gasteiger partial charge in [-0.25, -0.2) is 4.39 Å². The molecular weight excluding hydrogens is 219 g/mol. The van der Waals surface area contributed by atoms with E-state index in [4.69, 9.17) is 16.7 Å². The van der Waals surface area contributed by atoms with Crippen LogP contribution < -0.4 is 0 Å². The standard InChI is InChI=1S/C10H8ClFN2O/c11-8-3-6(1-2-9(8)12)10-4-7(5-15)13-14-10/h1-4,15H,5H2,(H,13,14). The first-order valence-electron chi connectivity index (χ1n) is 4.31. The summed E-state index contributed by atoms with van der Waals surface area (Å²) in [6.45, 7) is -0.109. The number of benzene rings is 1. The average Bonchev–Trinajstić information content (AvgIpc) is 2.70. The Kier molecular flexibility index (Phi) is 2.70. The molecule has 0 amide bonds. The van der Waals surface area contributed by atoms with Crippen molar-refractivity contribution in [3.05, 3.63) is 40.8 Å². The molecule has 1 aromatic heterocycles.